The summed E-state index contributed by atoms with van der Waals surface area (Å²) < 4.78 is 12.9. The molecule has 23 heavy (non-hydrogen) atoms. The van der Waals surface area contributed by atoms with Gasteiger partial charge in [0.2, 0.25) is 0 Å². The number of nitrogens with zero attached hydrogens (tertiary/aromatic N) is 1. The van der Waals surface area contributed by atoms with E-state index in [0.717, 1.165) is 32.4 Å². The van der Waals surface area contributed by atoms with E-state index in [2.05, 4.69) is 17.4 Å². The predicted molar refractivity (Wildman–Crippen MR) is 90.0 cm³/mol. The van der Waals surface area contributed by atoms with Crippen molar-refractivity contribution in [1.82, 2.24) is 4.90 Å². The molecule has 2 aromatic carbocycles. The first-order chi connectivity index (χ1) is 11.2. The van der Waals surface area contributed by atoms with Crippen molar-refractivity contribution >= 4 is 11.7 Å². The molecule has 1 aliphatic heterocycles. The number of urea groups is 1. The van der Waals surface area contributed by atoms with Gasteiger partial charge >= 0.3 is 6.03 Å². The summed E-state index contributed by atoms with van der Waals surface area (Å²) in [5.74, 6) is 0.0691. The van der Waals surface area contributed by atoms with Crippen LogP contribution < -0.4 is 5.32 Å². The zero-order valence-corrected chi connectivity index (χ0v) is 13.0. The van der Waals surface area contributed by atoms with E-state index in [4.69, 9.17) is 0 Å². The standard InChI is InChI=1S/C19H21FN2O/c20-17-9-11-18(12-10-17)21-19(23)22-13-5-4-8-16(14-22)15-6-2-1-3-7-15/h1-3,6-7,9-12,16H,4-5,8,13-14H2,(H,21,23). The summed E-state index contributed by atoms with van der Waals surface area (Å²) >= 11 is 0. The number of benzene rings is 2. The average molecular weight is 312 g/mol. The van der Waals surface area contributed by atoms with Gasteiger partial charge in [0.1, 0.15) is 5.82 Å². The van der Waals surface area contributed by atoms with Crippen LogP contribution in [0.1, 0.15) is 30.7 Å². The van der Waals surface area contributed by atoms with Gasteiger partial charge in [-0.1, -0.05) is 36.8 Å². The Balaban J connectivity index is 1.68. The molecule has 0 radical (unpaired) electrons. The molecule has 4 heteroatoms. The number of hydrogen-bond acceptors (Lipinski definition) is 1. The van der Waals surface area contributed by atoms with E-state index in [1.54, 1.807) is 12.1 Å². The second kappa shape index (κ2) is 7.27. The molecule has 0 bridgehead atoms. The number of nitrogens with one attached hydrogen (secondary N) is 1. The van der Waals surface area contributed by atoms with Crippen LogP contribution in [0.2, 0.25) is 0 Å². The fourth-order valence-electron chi connectivity index (χ4n) is 3.06. The first kappa shape index (κ1) is 15.5. The molecule has 3 rings (SSSR count). The lowest BCUT2D eigenvalue weighted by Crippen LogP contribution is -2.37. The topological polar surface area (TPSA) is 32.3 Å². The maximum absolute atomic E-state index is 12.9. The molecule has 0 aliphatic carbocycles. The van der Waals surface area contributed by atoms with Crippen molar-refractivity contribution in [3.05, 3.63) is 66.0 Å². The second-order valence-corrected chi connectivity index (χ2v) is 5.99. The van der Waals surface area contributed by atoms with Crippen LogP contribution >= 0.6 is 0 Å². The number of anilines is 1. The van der Waals surface area contributed by atoms with Crippen molar-refractivity contribution in [1.29, 1.82) is 0 Å². The Kier molecular flexibility index (Phi) is 4.91. The van der Waals surface area contributed by atoms with E-state index in [1.165, 1.54) is 17.7 Å². The number of rotatable bonds is 2. The highest BCUT2D eigenvalue weighted by Crippen LogP contribution is 2.26. The lowest BCUT2D eigenvalue weighted by molar-refractivity contribution is 0.211. The van der Waals surface area contributed by atoms with E-state index in [9.17, 15) is 9.18 Å². The van der Waals surface area contributed by atoms with Gasteiger partial charge in [0.25, 0.3) is 0 Å². The lowest BCUT2D eigenvalue weighted by Gasteiger charge is -2.25. The van der Waals surface area contributed by atoms with E-state index in [-0.39, 0.29) is 11.8 Å². The highest BCUT2D eigenvalue weighted by atomic mass is 19.1. The molecule has 1 saturated heterocycles. The summed E-state index contributed by atoms with van der Waals surface area (Å²) in [7, 11) is 0. The maximum atomic E-state index is 12.9. The SMILES string of the molecule is O=C(Nc1ccc(F)cc1)N1CCCCC(c2ccccc2)C1. The minimum atomic E-state index is -0.304. The fraction of sp³-hybridized carbons (Fsp3) is 0.316. The van der Waals surface area contributed by atoms with Gasteiger partial charge in [0, 0.05) is 24.7 Å². The van der Waals surface area contributed by atoms with E-state index in [1.807, 2.05) is 23.1 Å². The van der Waals surface area contributed by atoms with E-state index < -0.39 is 0 Å². The van der Waals surface area contributed by atoms with Crippen molar-refractivity contribution in [2.24, 2.45) is 0 Å². The molecule has 0 saturated carbocycles. The molecular weight excluding hydrogens is 291 g/mol. The maximum Gasteiger partial charge on any atom is 0.321 e. The van der Waals surface area contributed by atoms with Crippen molar-refractivity contribution in [2.45, 2.75) is 25.2 Å². The summed E-state index contributed by atoms with van der Waals surface area (Å²) in [4.78, 5) is 14.4. The van der Waals surface area contributed by atoms with E-state index >= 15 is 0 Å². The minimum absolute atomic E-state index is 0.112. The summed E-state index contributed by atoms with van der Waals surface area (Å²) in [6.07, 6.45) is 3.24. The number of likely N-dealkylation sites (tertiary alicyclic amines) is 1. The Hall–Kier alpha value is -2.36. The smallest absolute Gasteiger partial charge is 0.321 e. The van der Waals surface area contributed by atoms with Gasteiger partial charge in [-0.05, 0) is 42.7 Å². The van der Waals surface area contributed by atoms with Crippen LogP contribution in [0.4, 0.5) is 14.9 Å². The molecule has 2 aromatic rings. The fourth-order valence-corrected chi connectivity index (χ4v) is 3.06. The van der Waals surface area contributed by atoms with Crippen molar-refractivity contribution < 1.29 is 9.18 Å². The molecular formula is C19H21FN2O. The molecule has 2 amide bonds. The highest BCUT2D eigenvalue weighted by molar-refractivity contribution is 5.89. The lowest BCUT2D eigenvalue weighted by atomic mass is 9.94. The Morgan fingerprint density at radius 3 is 2.52 bits per heavy atom. The number of hydrogen-bond donors (Lipinski definition) is 1. The molecule has 1 N–H and O–H groups in total. The van der Waals surface area contributed by atoms with Gasteiger partial charge in [0.15, 0.2) is 0 Å². The molecule has 1 atom stereocenters. The van der Waals surface area contributed by atoms with Crippen LogP contribution in [0.5, 0.6) is 0 Å². The Morgan fingerprint density at radius 2 is 1.78 bits per heavy atom. The van der Waals surface area contributed by atoms with Gasteiger partial charge in [-0.25, -0.2) is 9.18 Å². The molecule has 1 unspecified atom stereocenters. The molecule has 1 heterocycles. The Morgan fingerprint density at radius 1 is 1.04 bits per heavy atom. The monoisotopic (exact) mass is 312 g/mol. The average Bonchev–Trinajstić information content (AvgIpc) is 2.84. The molecule has 1 aliphatic rings. The van der Waals surface area contributed by atoms with Crippen LogP contribution in [0, 0.1) is 5.82 Å². The number of carbonyl (C=O) groups excluding carboxylic acids is 1. The van der Waals surface area contributed by atoms with Gasteiger partial charge in [-0.3, -0.25) is 0 Å². The summed E-state index contributed by atoms with van der Waals surface area (Å²) in [6, 6.07) is 16.1. The summed E-state index contributed by atoms with van der Waals surface area (Å²) in [5.41, 5.74) is 1.91. The third-order valence-corrected chi connectivity index (χ3v) is 4.33. The largest absolute Gasteiger partial charge is 0.324 e. The van der Waals surface area contributed by atoms with Gasteiger partial charge in [-0.15, -0.1) is 0 Å². The second-order valence-electron chi connectivity index (χ2n) is 5.99. The van der Waals surface area contributed by atoms with Crippen molar-refractivity contribution in [2.75, 3.05) is 18.4 Å². The molecule has 0 spiro atoms. The van der Waals surface area contributed by atoms with Crippen molar-refractivity contribution in [3.63, 3.8) is 0 Å². The summed E-state index contributed by atoms with van der Waals surface area (Å²) in [6.45, 7) is 1.48. The van der Waals surface area contributed by atoms with Gasteiger partial charge in [-0.2, -0.15) is 0 Å². The molecule has 1 fully saturated rings. The third-order valence-electron chi connectivity index (χ3n) is 4.33. The predicted octanol–water partition coefficient (Wildman–Crippen LogP) is 4.63. The highest BCUT2D eigenvalue weighted by Gasteiger charge is 2.23. The first-order valence-electron chi connectivity index (χ1n) is 8.09. The van der Waals surface area contributed by atoms with Crippen LogP contribution in [0.3, 0.4) is 0 Å². The first-order valence-corrected chi connectivity index (χ1v) is 8.09. The molecule has 120 valence electrons. The van der Waals surface area contributed by atoms with Crippen LogP contribution in [-0.4, -0.2) is 24.0 Å². The Labute approximate surface area is 136 Å². The van der Waals surface area contributed by atoms with Crippen LogP contribution in [-0.2, 0) is 0 Å². The number of halogens is 1. The van der Waals surface area contributed by atoms with Crippen LogP contribution in [0.25, 0.3) is 0 Å². The Bertz CT molecular complexity index is 642. The third kappa shape index (κ3) is 4.09. The zero-order valence-electron chi connectivity index (χ0n) is 13.0. The van der Waals surface area contributed by atoms with Gasteiger partial charge in [0.05, 0.1) is 0 Å². The molecule has 3 nitrogen and oxygen atoms in total. The quantitative estimate of drug-likeness (QED) is 0.861. The van der Waals surface area contributed by atoms with E-state index in [0.29, 0.717) is 11.6 Å². The zero-order chi connectivity index (χ0) is 16.1. The summed E-state index contributed by atoms with van der Waals surface area (Å²) in [5, 5.41) is 2.86. The van der Waals surface area contributed by atoms with Crippen LogP contribution in [0.15, 0.2) is 54.6 Å². The normalized spacial score (nSPS) is 18.3. The van der Waals surface area contributed by atoms with Crippen molar-refractivity contribution in [3.8, 4) is 0 Å². The minimum Gasteiger partial charge on any atom is -0.324 e. The molecule has 0 aromatic heterocycles. The number of carbonyl (C=O) groups is 1. The van der Waals surface area contributed by atoms with Gasteiger partial charge < -0.3 is 10.2 Å². The number of amides is 2.